The first-order valence-electron chi connectivity index (χ1n) is 8.38. The number of aromatic nitrogens is 2. The normalized spacial score (nSPS) is 10.8. The Kier molecular flexibility index (Phi) is 8.18. The quantitative estimate of drug-likeness (QED) is 0.630. The third-order valence-corrected chi connectivity index (χ3v) is 4.00. The van der Waals surface area contributed by atoms with Gasteiger partial charge >= 0.3 is 0 Å². The summed E-state index contributed by atoms with van der Waals surface area (Å²) < 4.78 is 10.8. The van der Waals surface area contributed by atoms with Crippen LogP contribution in [0.5, 0.6) is 11.5 Å². The largest absolute Gasteiger partial charge is 0.454 e. The van der Waals surface area contributed by atoms with Crippen LogP contribution in [0.4, 0.5) is 0 Å². The molecule has 1 aromatic heterocycles. The summed E-state index contributed by atoms with van der Waals surface area (Å²) in [7, 11) is 0. The fraction of sp³-hybridized carbons (Fsp3) is 0.200. The number of primary amides is 1. The van der Waals surface area contributed by atoms with Crippen LogP contribution >= 0.6 is 0 Å². The molecule has 0 saturated carbocycles. The minimum atomic E-state index is -0.245. The third kappa shape index (κ3) is 4.87. The van der Waals surface area contributed by atoms with E-state index in [0.717, 1.165) is 39.6 Å². The summed E-state index contributed by atoms with van der Waals surface area (Å²) in [5.41, 5.74) is 9.90. The number of nitrogens with one attached hydrogen (secondary N) is 1. The molecule has 0 fully saturated rings. The summed E-state index contributed by atoms with van der Waals surface area (Å²) in [6, 6.07) is 16.1. The van der Waals surface area contributed by atoms with E-state index in [1.807, 2.05) is 43.3 Å². The number of benzene rings is 2. The summed E-state index contributed by atoms with van der Waals surface area (Å²) >= 11 is 0. The molecule has 0 aliphatic carbocycles. The summed E-state index contributed by atoms with van der Waals surface area (Å²) in [4.78, 5) is 9.59. The molecule has 2 aromatic carbocycles. The van der Waals surface area contributed by atoms with Crippen molar-refractivity contribution in [3.8, 4) is 33.9 Å². The summed E-state index contributed by atoms with van der Waals surface area (Å²) in [5, 5.41) is 7.54. The fourth-order valence-electron chi connectivity index (χ4n) is 2.64. The molecule has 4 rings (SSSR count). The first-order valence-corrected chi connectivity index (χ1v) is 8.38. The lowest BCUT2D eigenvalue weighted by Gasteiger charge is -2.06. The Bertz CT molecular complexity index is 910. The lowest BCUT2D eigenvalue weighted by Crippen LogP contribution is -2.06. The van der Waals surface area contributed by atoms with E-state index >= 15 is 0 Å². The van der Waals surface area contributed by atoms with Gasteiger partial charge in [-0.1, -0.05) is 43.3 Å². The first kappa shape index (κ1) is 22.7. The molecule has 28 heavy (non-hydrogen) atoms. The van der Waals surface area contributed by atoms with Crippen LogP contribution in [0, 0.1) is 6.92 Å². The van der Waals surface area contributed by atoms with Gasteiger partial charge in [-0.15, -0.1) is 0 Å². The monoisotopic (exact) mass is 386 g/mol. The van der Waals surface area contributed by atoms with Crippen LogP contribution in [0.2, 0.25) is 0 Å². The number of rotatable bonds is 3. The van der Waals surface area contributed by atoms with Crippen LogP contribution < -0.4 is 21.4 Å². The molecule has 150 valence electrons. The number of fused-ring (bicyclic) bond motifs is 1. The van der Waals surface area contributed by atoms with Crippen molar-refractivity contribution >= 4 is 5.91 Å². The number of nitrogens with two attached hydrogens (primary N) is 1. The average Bonchev–Trinajstić information content (AvgIpc) is 3.28. The lowest BCUT2D eigenvalue weighted by molar-refractivity contribution is -0.117. The lowest BCUT2D eigenvalue weighted by atomic mass is 9.99. The van der Waals surface area contributed by atoms with E-state index in [4.69, 9.17) is 9.47 Å². The van der Waals surface area contributed by atoms with Crippen LogP contribution in [0.3, 0.4) is 0 Å². The van der Waals surface area contributed by atoms with Crippen molar-refractivity contribution in [3.63, 3.8) is 0 Å². The van der Waals surface area contributed by atoms with Gasteiger partial charge in [0.05, 0.1) is 0 Å². The molecule has 8 heteroatoms. The van der Waals surface area contributed by atoms with Crippen molar-refractivity contribution in [2.24, 2.45) is 5.73 Å². The van der Waals surface area contributed by atoms with E-state index in [1.165, 1.54) is 0 Å². The smallest absolute Gasteiger partial charge is 0.231 e. The molecule has 8 N–H and O–H groups in total. The number of aromatic amines is 1. The molecule has 0 saturated heterocycles. The molecule has 1 aliphatic heterocycles. The number of H-pyrrole nitrogens is 1. The Balaban J connectivity index is 0.000000504. The molecule has 1 amide bonds. The molecule has 0 atom stereocenters. The van der Waals surface area contributed by atoms with Gasteiger partial charge in [-0.2, -0.15) is 5.10 Å². The molecule has 0 spiro atoms. The second-order valence-electron chi connectivity index (χ2n) is 5.83. The summed E-state index contributed by atoms with van der Waals surface area (Å²) in [6.45, 7) is 4.04. The van der Waals surface area contributed by atoms with Crippen molar-refractivity contribution in [3.05, 3.63) is 54.2 Å². The second kappa shape index (κ2) is 10.1. The number of carbonyl (C=O) groups excluding carboxylic acids is 1. The average molecular weight is 386 g/mol. The first-order chi connectivity index (χ1) is 12.6. The maximum atomic E-state index is 9.59. The minimum Gasteiger partial charge on any atom is -0.454 e. The van der Waals surface area contributed by atoms with Crippen molar-refractivity contribution < 1.29 is 19.7 Å². The van der Waals surface area contributed by atoms with E-state index in [-0.39, 0.29) is 24.3 Å². The number of nitrogens with zero attached hydrogens (tertiary/aromatic N) is 1. The summed E-state index contributed by atoms with van der Waals surface area (Å²) in [6.07, 6.45) is 0.444. The SMILES string of the molecule is CCC(N)=O.Cc1[nH]nc(-c2ccccc2)c1-c1ccc2c(c1)OCO2.N.O. The molecule has 1 aliphatic rings. The van der Waals surface area contributed by atoms with Crippen LogP contribution in [0.15, 0.2) is 48.5 Å². The topological polar surface area (TPSA) is 157 Å². The Hall–Kier alpha value is -3.36. The highest BCUT2D eigenvalue weighted by molar-refractivity contribution is 5.83. The van der Waals surface area contributed by atoms with Crippen LogP contribution in [-0.2, 0) is 4.79 Å². The predicted molar refractivity (Wildman–Crippen MR) is 108 cm³/mol. The highest BCUT2D eigenvalue weighted by Gasteiger charge is 2.18. The Morgan fingerprint density at radius 1 is 1.11 bits per heavy atom. The zero-order valence-corrected chi connectivity index (χ0v) is 16.0. The molecule has 0 unspecified atom stereocenters. The van der Waals surface area contributed by atoms with Gasteiger partial charge in [0.1, 0.15) is 5.69 Å². The van der Waals surface area contributed by atoms with Gasteiger partial charge in [0.15, 0.2) is 11.5 Å². The highest BCUT2D eigenvalue weighted by atomic mass is 16.7. The van der Waals surface area contributed by atoms with E-state index in [2.05, 4.69) is 28.1 Å². The van der Waals surface area contributed by atoms with Crippen LogP contribution in [0.1, 0.15) is 19.0 Å². The van der Waals surface area contributed by atoms with Gasteiger partial charge in [0.2, 0.25) is 12.7 Å². The maximum absolute atomic E-state index is 9.59. The van der Waals surface area contributed by atoms with Crippen molar-refractivity contribution in [2.75, 3.05) is 6.79 Å². The number of carbonyl (C=O) groups is 1. The van der Waals surface area contributed by atoms with Crippen LogP contribution in [0.25, 0.3) is 22.4 Å². The molecule has 0 radical (unpaired) electrons. The number of hydrogen-bond donors (Lipinski definition) is 3. The van der Waals surface area contributed by atoms with Crippen molar-refractivity contribution in [2.45, 2.75) is 20.3 Å². The van der Waals surface area contributed by atoms with Gasteiger partial charge in [-0.3, -0.25) is 9.89 Å². The van der Waals surface area contributed by atoms with Crippen LogP contribution in [-0.4, -0.2) is 28.4 Å². The molecule has 0 bridgehead atoms. The number of amides is 1. The predicted octanol–water partition coefficient (Wildman–Crippen LogP) is 3.00. The fourth-order valence-corrected chi connectivity index (χ4v) is 2.64. The van der Waals surface area contributed by atoms with E-state index < -0.39 is 0 Å². The van der Waals surface area contributed by atoms with Crippen molar-refractivity contribution in [1.82, 2.24) is 16.3 Å². The van der Waals surface area contributed by atoms with Gasteiger partial charge in [-0.05, 0) is 24.6 Å². The number of aryl methyl sites for hydroxylation is 1. The zero-order chi connectivity index (χ0) is 18.5. The molecule has 8 nitrogen and oxygen atoms in total. The molecule has 3 aromatic rings. The highest BCUT2D eigenvalue weighted by Crippen LogP contribution is 2.39. The van der Waals surface area contributed by atoms with Gasteiger partial charge in [0, 0.05) is 23.2 Å². The Labute approximate surface area is 163 Å². The van der Waals surface area contributed by atoms with Crippen molar-refractivity contribution in [1.29, 1.82) is 0 Å². The number of hydrogen-bond acceptors (Lipinski definition) is 5. The summed E-state index contributed by atoms with van der Waals surface area (Å²) in [5.74, 6) is 1.33. The third-order valence-electron chi connectivity index (χ3n) is 4.00. The van der Waals surface area contributed by atoms with E-state index in [1.54, 1.807) is 6.92 Å². The Morgan fingerprint density at radius 2 is 1.75 bits per heavy atom. The number of ether oxygens (including phenoxy) is 2. The maximum Gasteiger partial charge on any atom is 0.231 e. The second-order valence-corrected chi connectivity index (χ2v) is 5.83. The van der Waals surface area contributed by atoms with Gasteiger partial charge in [-0.25, -0.2) is 0 Å². The molecular formula is C20H26N4O4. The zero-order valence-electron chi connectivity index (χ0n) is 16.0. The van der Waals surface area contributed by atoms with Gasteiger partial charge < -0.3 is 26.8 Å². The standard InChI is InChI=1S/C17H14N2O2.C3H7NO.H3N.H2O/c1-11-16(13-7-8-14-15(9-13)21-10-20-14)17(19-18-11)12-5-3-2-4-6-12;1-2-3(4)5;;/h2-9H,10H2,1H3,(H,18,19);2H2,1H3,(H2,4,5);1H3;1H2. The molecule has 2 heterocycles. The van der Waals surface area contributed by atoms with Gasteiger partial charge in [0.25, 0.3) is 0 Å². The van der Waals surface area contributed by atoms with E-state index in [0.29, 0.717) is 6.42 Å². The minimum absolute atomic E-state index is 0. The Morgan fingerprint density at radius 3 is 2.39 bits per heavy atom. The van der Waals surface area contributed by atoms with E-state index in [9.17, 15) is 4.79 Å². The molecular weight excluding hydrogens is 360 g/mol.